The molecule has 80 heavy (non-hydrogen) atoms. The summed E-state index contributed by atoms with van der Waals surface area (Å²) in [6, 6.07) is 71.9. The molecule has 10 aromatic carbocycles. The third-order valence-electron chi connectivity index (χ3n) is 14.8. The maximum Gasteiger partial charge on any atom is 2.00 e. The Balaban J connectivity index is 0.000000336. The smallest absolute Gasteiger partial charge is 1.00 e. The molecule has 9 heteroatoms. The number of methoxy groups -OCH3 is 2. The Morgan fingerprint density at radius 3 is 0.925 bits per heavy atom. The molecular formula is C71H74Cl2N2O2P2Ru. The Hall–Kier alpha value is -5.70. The second-order valence-corrected chi connectivity index (χ2v) is 25.9. The number of ether oxygens (including phenoxy) is 2. The van der Waals surface area contributed by atoms with Gasteiger partial charge in [-0.05, 0) is 177 Å². The number of hydrogen-bond acceptors (Lipinski definition) is 4. The van der Waals surface area contributed by atoms with Crippen molar-refractivity contribution in [3.8, 4) is 22.6 Å². The van der Waals surface area contributed by atoms with E-state index in [0.717, 1.165) is 22.6 Å². The van der Waals surface area contributed by atoms with Gasteiger partial charge in [-0.3, -0.25) is 0 Å². The molecule has 0 bridgehead atoms. The third kappa shape index (κ3) is 13.6. The molecule has 0 radical (unpaired) electrons. The van der Waals surface area contributed by atoms with Gasteiger partial charge in [0.25, 0.3) is 0 Å². The average molecular weight is 1220 g/mol. The van der Waals surface area contributed by atoms with Crippen LogP contribution in [0.4, 0.5) is 0 Å². The summed E-state index contributed by atoms with van der Waals surface area (Å²) in [6.45, 7) is 22.1. The minimum Gasteiger partial charge on any atom is -1.00 e. The van der Waals surface area contributed by atoms with E-state index < -0.39 is 21.4 Å². The van der Waals surface area contributed by atoms with Gasteiger partial charge in [-0.1, -0.05) is 228 Å². The molecule has 0 aliphatic heterocycles. The Labute approximate surface area is 504 Å². The van der Waals surface area contributed by atoms with Crippen LogP contribution in [0.15, 0.2) is 194 Å². The Kier molecular flexibility index (Phi) is 21.7. The largest absolute Gasteiger partial charge is 2.00 e. The van der Waals surface area contributed by atoms with Crippen LogP contribution < -0.4 is 77.6 Å². The van der Waals surface area contributed by atoms with Gasteiger partial charge in [-0.25, -0.2) is 0 Å². The SMILES string of the molecule is COc1ccc(C(N)(c2ccc(OC)cc2)[C@@H](N)C(C)C)cc1.Cc1cc(C)cc(P(c2cc(C)cc(C)c2)c2ccc3ccccc3c2-c2c(P(c3cc(C)cc(C)c3)c3cc(C)cc(C)c3)ccc3ccccc23)c1.[Cl-].[Cl-].[Ru+2]. The van der Waals surface area contributed by atoms with Crippen molar-refractivity contribution in [2.75, 3.05) is 14.2 Å². The maximum atomic E-state index is 6.86. The van der Waals surface area contributed by atoms with E-state index in [2.05, 4.69) is 215 Å². The molecule has 0 saturated heterocycles. The molecule has 1 atom stereocenters. The van der Waals surface area contributed by atoms with E-state index in [1.54, 1.807) is 14.2 Å². The molecule has 412 valence electrons. The summed E-state index contributed by atoms with van der Waals surface area (Å²) >= 11 is 0. The molecule has 10 aromatic rings. The van der Waals surface area contributed by atoms with Crippen molar-refractivity contribution in [2.24, 2.45) is 17.4 Å². The molecule has 0 amide bonds. The quantitative estimate of drug-likeness (QED) is 0.0898. The van der Waals surface area contributed by atoms with Gasteiger partial charge < -0.3 is 45.8 Å². The van der Waals surface area contributed by atoms with Crippen LogP contribution in [0.5, 0.6) is 11.5 Å². The van der Waals surface area contributed by atoms with E-state index in [9.17, 15) is 0 Å². The van der Waals surface area contributed by atoms with E-state index in [1.165, 1.54) is 109 Å². The number of nitrogens with two attached hydrogens (primary N) is 2. The number of rotatable bonds is 13. The van der Waals surface area contributed by atoms with Crippen LogP contribution in [0.2, 0.25) is 0 Å². The van der Waals surface area contributed by atoms with Gasteiger partial charge in [0.15, 0.2) is 0 Å². The van der Waals surface area contributed by atoms with Crippen molar-refractivity contribution in [3.05, 3.63) is 250 Å². The second kappa shape index (κ2) is 27.4. The van der Waals surface area contributed by atoms with Crippen LogP contribution >= 0.6 is 15.8 Å². The van der Waals surface area contributed by atoms with Crippen molar-refractivity contribution in [1.82, 2.24) is 0 Å². The molecule has 0 heterocycles. The first-order valence-electron chi connectivity index (χ1n) is 26.8. The Morgan fingerprint density at radius 1 is 0.388 bits per heavy atom. The van der Waals surface area contributed by atoms with Crippen LogP contribution in [0, 0.1) is 61.3 Å². The summed E-state index contributed by atoms with van der Waals surface area (Å²) < 4.78 is 10.5. The minimum atomic E-state index is -0.937. The number of fused-ring (bicyclic) bond motifs is 2. The molecule has 0 aliphatic rings. The minimum absolute atomic E-state index is 0. The van der Waals surface area contributed by atoms with Gasteiger partial charge in [0.05, 0.1) is 19.8 Å². The predicted molar refractivity (Wildman–Crippen MR) is 336 cm³/mol. The normalized spacial score (nSPS) is 11.6. The number of hydrogen-bond donors (Lipinski definition) is 2. The van der Waals surface area contributed by atoms with Gasteiger partial charge >= 0.3 is 19.5 Å². The Morgan fingerprint density at radius 2 is 0.662 bits per heavy atom. The first-order chi connectivity index (χ1) is 36.9. The van der Waals surface area contributed by atoms with Crippen molar-refractivity contribution in [1.29, 1.82) is 0 Å². The van der Waals surface area contributed by atoms with Crippen LogP contribution in [0.3, 0.4) is 0 Å². The van der Waals surface area contributed by atoms with Gasteiger partial charge in [0.2, 0.25) is 0 Å². The zero-order valence-corrected chi connectivity index (χ0v) is 53.1. The molecule has 4 nitrogen and oxygen atoms in total. The first kappa shape index (κ1) is 63.5. The van der Waals surface area contributed by atoms with Gasteiger partial charge in [0, 0.05) is 6.04 Å². The molecule has 0 aromatic heterocycles. The average Bonchev–Trinajstić information content (AvgIpc) is 3.48. The monoisotopic (exact) mass is 1220 g/mol. The fourth-order valence-electron chi connectivity index (χ4n) is 11.4. The van der Waals surface area contributed by atoms with Crippen LogP contribution in [-0.4, -0.2) is 20.3 Å². The molecule has 0 spiro atoms. The standard InChI is InChI=1S/C52H48P2.C19H26N2O2.2ClH.Ru/c1-33-21-34(2)26-43(25-33)53(44-27-35(3)22-36(4)28-44)49-19-17-41-13-9-11-15-47(41)51(49)52-48-16-12-10-14-42(48)18-20-50(52)54(45-29-37(5)23-38(6)30-45)46-31-39(7)24-40(8)32-46;1-13(2)18(20)19(21,14-5-9-16(22-3)10-6-14)15-7-11-17(23-4)12-8-15;;;/h9-32H,1-8H3;5-13,18H,20-21H2,1-4H3;2*1H;/q;;;;+2/p-2/t;18-;;;/m.0.../s1. The van der Waals surface area contributed by atoms with Crippen LogP contribution in [0.25, 0.3) is 32.7 Å². The maximum absolute atomic E-state index is 6.86. The predicted octanol–water partition coefficient (Wildman–Crippen LogP) is 8.54. The summed E-state index contributed by atoms with van der Waals surface area (Å²) in [5, 5.41) is 13.6. The summed E-state index contributed by atoms with van der Waals surface area (Å²) in [7, 11) is 1.42. The topological polar surface area (TPSA) is 70.5 Å². The summed E-state index contributed by atoms with van der Waals surface area (Å²) in [6.07, 6.45) is 0. The molecular weight excluding hydrogens is 1150 g/mol. The molecule has 0 fully saturated rings. The fraction of sp³-hybridized carbons (Fsp3) is 0.211. The molecule has 10 rings (SSSR count). The van der Waals surface area contributed by atoms with E-state index in [-0.39, 0.29) is 56.3 Å². The van der Waals surface area contributed by atoms with Crippen molar-refractivity contribution < 1.29 is 53.8 Å². The molecule has 0 saturated carbocycles. The molecule has 0 aliphatic carbocycles. The number of aryl methyl sites for hydroxylation is 8. The molecule has 4 N–H and O–H groups in total. The summed E-state index contributed by atoms with van der Waals surface area (Å²) in [4.78, 5) is 0. The van der Waals surface area contributed by atoms with Gasteiger partial charge in [-0.15, -0.1) is 0 Å². The third-order valence-corrected chi connectivity index (χ3v) is 19.6. The van der Waals surface area contributed by atoms with Crippen molar-refractivity contribution in [2.45, 2.75) is 80.8 Å². The van der Waals surface area contributed by atoms with Crippen molar-refractivity contribution in [3.63, 3.8) is 0 Å². The molecule has 0 unspecified atom stereocenters. The van der Waals surface area contributed by atoms with E-state index in [1.807, 2.05) is 48.5 Å². The van der Waals surface area contributed by atoms with E-state index >= 15 is 0 Å². The fourth-order valence-corrected chi connectivity index (χ4v) is 17.1. The second-order valence-electron chi connectivity index (χ2n) is 21.5. The summed E-state index contributed by atoms with van der Waals surface area (Å²) in [5.74, 6) is 1.82. The van der Waals surface area contributed by atoms with E-state index in [4.69, 9.17) is 20.9 Å². The van der Waals surface area contributed by atoms with Crippen LogP contribution in [0.1, 0.15) is 69.5 Å². The summed E-state index contributed by atoms with van der Waals surface area (Å²) in [5.41, 5.74) is 27.7. The van der Waals surface area contributed by atoms with Crippen molar-refractivity contribution >= 4 is 69.2 Å². The Bertz CT molecular complexity index is 3330. The zero-order chi connectivity index (χ0) is 54.7. The van der Waals surface area contributed by atoms with E-state index in [0.29, 0.717) is 0 Å². The number of halogens is 2. The van der Waals surface area contributed by atoms with Gasteiger partial charge in [-0.2, -0.15) is 0 Å². The first-order valence-corrected chi connectivity index (χ1v) is 29.4. The number of benzene rings is 10. The van der Waals surface area contributed by atoms with Crippen LogP contribution in [-0.2, 0) is 25.0 Å². The van der Waals surface area contributed by atoms with Gasteiger partial charge in [0.1, 0.15) is 11.5 Å². The zero-order valence-electron chi connectivity index (χ0n) is 48.1.